The summed E-state index contributed by atoms with van der Waals surface area (Å²) in [6, 6.07) is 11.2. The van der Waals surface area contributed by atoms with E-state index < -0.39 is 11.4 Å². The van der Waals surface area contributed by atoms with Crippen LogP contribution in [0.4, 0.5) is 0 Å². The second-order valence-corrected chi connectivity index (χ2v) is 7.14. The number of hydrogen-bond donors (Lipinski definition) is 0. The first kappa shape index (κ1) is 18.5. The van der Waals surface area contributed by atoms with Crippen LogP contribution >= 0.6 is 15.9 Å². The maximum Gasteiger partial charge on any atom is 0.422 e. The Bertz CT molecular complexity index is 1050. The molecule has 0 spiro atoms. The number of fused-ring (bicyclic) bond motifs is 1. The lowest BCUT2D eigenvalue weighted by Crippen LogP contribution is -2.25. The molecule has 0 radical (unpaired) electrons. The molecule has 2 aromatic carbocycles. The maximum absolute atomic E-state index is 12.1. The summed E-state index contributed by atoms with van der Waals surface area (Å²) in [5, 5.41) is 0.394. The number of aromatic nitrogens is 1. The van der Waals surface area contributed by atoms with Gasteiger partial charge in [-0.1, -0.05) is 28.1 Å². The second-order valence-electron chi connectivity index (χ2n) is 6.22. The Balaban J connectivity index is 1.66. The zero-order valence-corrected chi connectivity index (χ0v) is 16.3. The van der Waals surface area contributed by atoms with Gasteiger partial charge < -0.3 is 9.15 Å². The van der Waals surface area contributed by atoms with Crippen molar-refractivity contribution in [1.82, 2.24) is 4.57 Å². The van der Waals surface area contributed by atoms with Crippen LogP contribution in [-0.2, 0) is 6.54 Å². The van der Waals surface area contributed by atoms with Crippen molar-refractivity contribution in [2.45, 2.75) is 33.2 Å². The molecule has 0 aliphatic carbocycles. The van der Waals surface area contributed by atoms with Gasteiger partial charge in [-0.3, -0.25) is 4.57 Å². The number of nitrogens with zero attached hydrogens (tertiary/aromatic N) is 1. The van der Waals surface area contributed by atoms with Gasteiger partial charge in [-0.2, -0.15) is 0 Å². The molecular weight excluding hydrogens is 398 g/mol. The molecular formula is C20H20BrNO4. The minimum Gasteiger partial charge on any atom is -0.493 e. The average Bonchev–Trinajstić information content (AvgIpc) is 2.61. The van der Waals surface area contributed by atoms with E-state index in [1.165, 1.54) is 10.1 Å². The second kappa shape index (κ2) is 7.91. The lowest BCUT2D eigenvalue weighted by molar-refractivity contribution is 0.299. The lowest BCUT2D eigenvalue weighted by Gasteiger charge is -2.11. The van der Waals surface area contributed by atoms with E-state index in [0.29, 0.717) is 24.1 Å². The lowest BCUT2D eigenvalue weighted by atomic mass is 10.1. The van der Waals surface area contributed by atoms with Crippen molar-refractivity contribution >= 4 is 26.8 Å². The maximum atomic E-state index is 12.1. The van der Waals surface area contributed by atoms with Crippen LogP contribution in [0.1, 0.15) is 24.0 Å². The monoisotopic (exact) mass is 417 g/mol. The van der Waals surface area contributed by atoms with Crippen molar-refractivity contribution in [3.8, 4) is 5.75 Å². The Morgan fingerprint density at radius 2 is 1.92 bits per heavy atom. The molecule has 0 saturated heterocycles. The Kier molecular flexibility index (Phi) is 5.61. The first-order valence-corrected chi connectivity index (χ1v) is 9.29. The van der Waals surface area contributed by atoms with Crippen LogP contribution in [0.3, 0.4) is 0 Å². The normalized spacial score (nSPS) is 11.0. The highest BCUT2D eigenvalue weighted by Gasteiger charge is 2.10. The third-order valence-electron chi connectivity index (χ3n) is 4.46. The van der Waals surface area contributed by atoms with Crippen LogP contribution in [0.5, 0.6) is 5.75 Å². The zero-order valence-electron chi connectivity index (χ0n) is 14.8. The Morgan fingerprint density at radius 1 is 1.12 bits per heavy atom. The molecule has 136 valence electrons. The largest absolute Gasteiger partial charge is 0.493 e. The number of aryl methyl sites for hydroxylation is 2. The van der Waals surface area contributed by atoms with Gasteiger partial charge in [0.2, 0.25) is 0 Å². The van der Waals surface area contributed by atoms with Crippen molar-refractivity contribution in [3.05, 3.63) is 73.0 Å². The summed E-state index contributed by atoms with van der Waals surface area (Å²) >= 11 is 3.33. The van der Waals surface area contributed by atoms with Gasteiger partial charge >= 0.3 is 11.4 Å². The van der Waals surface area contributed by atoms with E-state index in [0.717, 1.165) is 28.6 Å². The molecule has 0 atom stereocenters. The van der Waals surface area contributed by atoms with Crippen LogP contribution < -0.4 is 16.1 Å². The van der Waals surface area contributed by atoms with Gasteiger partial charge in [-0.05, 0) is 62.1 Å². The predicted octanol–water partition coefficient (Wildman–Crippen LogP) is 4.19. The number of unbranched alkanes of at least 4 members (excludes halogenated alkanes) is 1. The first-order valence-electron chi connectivity index (χ1n) is 8.49. The fourth-order valence-electron chi connectivity index (χ4n) is 2.84. The Labute approximate surface area is 159 Å². The van der Waals surface area contributed by atoms with Crippen LogP contribution in [-0.4, -0.2) is 11.2 Å². The summed E-state index contributed by atoms with van der Waals surface area (Å²) in [5.41, 5.74) is 2.32. The summed E-state index contributed by atoms with van der Waals surface area (Å²) in [4.78, 5) is 23.9. The molecule has 0 aliphatic rings. The molecule has 6 heteroatoms. The quantitative estimate of drug-likeness (QED) is 0.564. The minimum atomic E-state index is -0.625. The highest BCUT2D eigenvalue weighted by atomic mass is 79.9. The van der Waals surface area contributed by atoms with E-state index in [1.807, 2.05) is 19.1 Å². The average molecular weight is 418 g/mol. The van der Waals surface area contributed by atoms with Crippen molar-refractivity contribution in [1.29, 1.82) is 0 Å². The predicted molar refractivity (Wildman–Crippen MR) is 105 cm³/mol. The fraction of sp³-hybridized carbons (Fsp3) is 0.300. The third kappa shape index (κ3) is 3.90. The standard InChI is InChI=1S/C20H20BrNO4/c1-13-6-5-7-18(14(13)2)25-11-4-3-10-22-17-9-8-15(21)12-16(17)19(23)26-20(22)24/h5-9,12H,3-4,10-11H2,1-2H3. The molecule has 0 aliphatic heterocycles. The van der Waals surface area contributed by atoms with Gasteiger partial charge in [0, 0.05) is 11.0 Å². The van der Waals surface area contributed by atoms with E-state index >= 15 is 0 Å². The summed E-state index contributed by atoms with van der Waals surface area (Å²) in [7, 11) is 0. The Morgan fingerprint density at radius 3 is 2.73 bits per heavy atom. The molecule has 0 N–H and O–H groups in total. The summed E-state index contributed by atoms with van der Waals surface area (Å²) in [6.07, 6.45) is 1.53. The molecule has 1 aromatic heterocycles. The molecule has 0 amide bonds. The van der Waals surface area contributed by atoms with Crippen LogP contribution in [0.15, 0.2) is 54.9 Å². The van der Waals surface area contributed by atoms with Gasteiger partial charge in [0.1, 0.15) is 5.75 Å². The molecule has 0 saturated carbocycles. The molecule has 1 heterocycles. The zero-order chi connectivity index (χ0) is 18.7. The van der Waals surface area contributed by atoms with Crippen molar-refractivity contribution in [2.24, 2.45) is 0 Å². The topological polar surface area (TPSA) is 61.4 Å². The van der Waals surface area contributed by atoms with Crippen molar-refractivity contribution < 1.29 is 9.15 Å². The van der Waals surface area contributed by atoms with Crippen LogP contribution in [0, 0.1) is 13.8 Å². The molecule has 0 bridgehead atoms. The van der Waals surface area contributed by atoms with Gasteiger partial charge in [0.05, 0.1) is 17.5 Å². The van der Waals surface area contributed by atoms with Crippen molar-refractivity contribution in [3.63, 3.8) is 0 Å². The summed E-state index contributed by atoms with van der Waals surface area (Å²) in [5.74, 6) is 0.267. The fourth-order valence-corrected chi connectivity index (χ4v) is 3.20. The SMILES string of the molecule is Cc1cccc(OCCCCn2c(=O)oc(=O)c3cc(Br)ccc32)c1C. The van der Waals surface area contributed by atoms with E-state index in [1.54, 1.807) is 18.2 Å². The van der Waals surface area contributed by atoms with E-state index in [2.05, 4.69) is 28.9 Å². The van der Waals surface area contributed by atoms with Crippen LogP contribution in [0.25, 0.3) is 10.9 Å². The summed E-state index contributed by atoms with van der Waals surface area (Å²) < 4.78 is 12.9. The van der Waals surface area contributed by atoms with Gasteiger partial charge in [0.25, 0.3) is 0 Å². The molecule has 3 rings (SSSR count). The molecule has 0 fully saturated rings. The molecule has 26 heavy (non-hydrogen) atoms. The number of halogens is 1. The highest BCUT2D eigenvalue weighted by molar-refractivity contribution is 9.10. The summed E-state index contributed by atoms with van der Waals surface area (Å²) in [6.45, 7) is 5.14. The number of benzene rings is 2. The van der Waals surface area contributed by atoms with Crippen molar-refractivity contribution in [2.75, 3.05) is 6.61 Å². The number of hydrogen-bond acceptors (Lipinski definition) is 4. The van der Waals surface area contributed by atoms with Gasteiger partial charge in [-0.25, -0.2) is 9.59 Å². The first-order chi connectivity index (χ1) is 12.5. The van der Waals surface area contributed by atoms with E-state index in [9.17, 15) is 9.59 Å². The van der Waals surface area contributed by atoms with Gasteiger partial charge in [-0.15, -0.1) is 0 Å². The minimum absolute atomic E-state index is 0.394. The Hall–Kier alpha value is -2.34. The van der Waals surface area contributed by atoms with Crippen LogP contribution in [0.2, 0.25) is 0 Å². The van der Waals surface area contributed by atoms with E-state index in [-0.39, 0.29) is 0 Å². The molecule has 5 nitrogen and oxygen atoms in total. The molecule has 0 unspecified atom stereocenters. The number of ether oxygens (including phenoxy) is 1. The smallest absolute Gasteiger partial charge is 0.422 e. The molecule has 3 aromatic rings. The van der Waals surface area contributed by atoms with E-state index in [4.69, 9.17) is 9.15 Å². The highest BCUT2D eigenvalue weighted by Crippen LogP contribution is 2.21. The number of rotatable bonds is 6. The van der Waals surface area contributed by atoms with Gasteiger partial charge in [0.15, 0.2) is 0 Å². The third-order valence-corrected chi connectivity index (χ3v) is 4.95.